The van der Waals surface area contributed by atoms with Gasteiger partial charge in [0.15, 0.2) is 0 Å². The average molecular weight is 413 g/mol. The molecule has 0 unspecified atom stereocenters. The second-order valence-corrected chi connectivity index (χ2v) is 7.06. The number of benzene rings is 2. The minimum atomic E-state index is 0.779. The number of aryl methyl sites for hydroxylation is 1. The highest BCUT2D eigenvalue weighted by molar-refractivity contribution is 14.1. The first-order valence-corrected chi connectivity index (χ1v) is 8.61. The van der Waals surface area contributed by atoms with Gasteiger partial charge in [-0.2, -0.15) is 0 Å². The molecule has 0 radical (unpaired) electrons. The van der Waals surface area contributed by atoms with Crippen molar-refractivity contribution < 1.29 is 0 Å². The molecule has 0 aliphatic carbocycles. The van der Waals surface area contributed by atoms with E-state index in [1.54, 1.807) is 0 Å². The zero-order chi connectivity index (χ0) is 14.8. The van der Waals surface area contributed by atoms with Gasteiger partial charge in [0.25, 0.3) is 0 Å². The largest absolute Gasteiger partial charge is 0.380 e. The van der Waals surface area contributed by atoms with E-state index < -0.39 is 0 Å². The summed E-state index contributed by atoms with van der Waals surface area (Å²) in [6.45, 7) is 2.00. The van der Waals surface area contributed by atoms with Crippen molar-refractivity contribution in [3.63, 3.8) is 0 Å². The number of nitrogens with one attached hydrogen (secondary N) is 1. The Kier molecular flexibility index (Phi) is 4.60. The van der Waals surface area contributed by atoms with Crippen molar-refractivity contribution in [2.75, 3.05) is 23.8 Å². The Balaban J connectivity index is 1.73. The molecule has 0 spiro atoms. The van der Waals surface area contributed by atoms with Gasteiger partial charge in [0.05, 0.1) is 0 Å². The molecule has 0 amide bonds. The molecule has 1 heterocycles. The summed E-state index contributed by atoms with van der Waals surface area (Å²) < 4.78 is 1.15. The summed E-state index contributed by atoms with van der Waals surface area (Å²) in [5.41, 5.74) is 5.31. The van der Waals surface area contributed by atoms with Gasteiger partial charge in [0.1, 0.15) is 0 Å². The second-order valence-electron chi connectivity index (χ2n) is 5.47. The van der Waals surface area contributed by atoms with Gasteiger partial charge in [-0.3, -0.25) is 0 Å². The van der Waals surface area contributed by atoms with E-state index in [4.69, 9.17) is 11.6 Å². The smallest absolute Gasteiger partial charge is 0.0479 e. The van der Waals surface area contributed by atoms with Crippen molar-refractivity contribution in [2.24, 2.45) is 0 Å². The number of halogens is 2. The second kappa shape index (κ2) is 6.44. The number of anilines is 2. The van der Waals surface area contributed by atoms with Crippen LogP contribution < -0.4 is 10.2 Å². The maximum Gasteiger partial charge on any atom is 0.0479 e. The molecule has 0 fully saturated rings. The van der Waals surface area contributed by atoms with Gasteiger partial charge in [-0.15, -0.1) is 0 Å². The Morgan fingerprint density at radius 1 is 1.24 bits per heavy atom. The number of hydrogen-bond donors (Lipinski definition) is 1. The van der Waals surface area contributed by atoms with Gasteiger partial charge in [-0.25, -0.2) is 0 Å². The quantitative estimate of drug-likeness (QED) is 0.718. The summed E-state index contributed by atoms with van der Waals surface area (Å²) in [4.78, 5) is 2.35. The summed E-state index contributed by atoms with van der Waals surface area (Å²) in [5, 5.41) is 4.27. The van der Waals surface area contributed by atoms with E-state index in [9.17, 15) is 0 Å². The first kappa shape index (κ1) is 15.0. The predicted molar refractivity (Wildman–Crippen MR) is 99.5 cm³/mol. The van der Waals surface area contributed by atoms with Gasteiger partial charge in [-0.1, -0.05) is 23.7 Å². The summed E-state index contributed by atoms with van der Waals surface area (Å²) in [7, 11) is 2.17. The number of nitrogens with zero attached hydrogens (tertiary/aromatic N) is 1. The number of fused-ring (bicyclic) bond motifs is 1. The highest BCUT2D eigenvalue weighted by atomic mass is 127. The summed E-state index contributed by atoms with van der Waals surface area (Å²) in [6.07, 6.45) is 2.43. The zero-order valence-electron chi connectivity index (χ0n) is 12.0. The van der Waals surface area contributed by atoms with Gasteiger partial charge >= 0.3 is 0 Å². The van der Waals surface area contributed by atoms with Gasteiger partial charge in [0.2, 0.25) is 0 Å². The third-order valence-corrected chi connectivity index (χ3v) is 5.04. The van der Waals surface area contributed by atoms with E-state index in [1.165, 1.54) is 29.7 Å². The van der Waals surface area contributed by atoms with Gasteiger partial charge in [0, 0.05) is 40.1 Å². The fourth-order valence-corrected chi connectivity index (χ4v) is 3.84. The molecule has 2 aromatic rings. The standard InChI is InChI=1S/C17H18ClIN2/c1-21-8-2-3-13-9-12(4-7-17(13)21)11-20-16-6-5-14(18)10-15(16)19/h4-7,9-10,20H,2-3,8,11H2,1H3. The Morgan fingerprint density at radius 3 is 2.90 bits per heavy atom. The van der Waals surface area contributed by atoms with Crippen LogP contribution in [0.15, 0.2) is 36.4 Å². The van der Waals surface area contributed by atoms with E-state index in [2.05, 4.69) is 58.1 Å². The molecule has 2 nitrogen and oxygen atoms in total. The highest BCUT2D eigenvalue weighted by Crippen LogP contribution is 2.28. The summed E-state index contributed by atoms with van der Waals surface area (Å²) in [6, 6.07) is 12.7. The highest BCUT2D eigenvalue weighted by Gasteiger charge is 2.13. The minimum Gasteiger partial charge on any atom is -0.380 e. The number of hydrogen-bond acceptors (Lipinski definition) is 2. The van der Waals surface area contributed by atoms with Crippen LogP contribution in [0.4, 0.5) is 11.4 Å². The fourth-order valence-electron chi connectivity index (χ4n) is 2.78. The molecule has 4 heteroatoms. The molecule has 0 saturated carbocycles. The Bertz CT molecular complexity index is 657. The lowest BCUT2D eigenvalue weighted by Gasteiger charge is -2.28. The van der Waals surface area contributed by atoms with Crippen molar-refractivity contribution in [2.45, 2.75) is 19.4 Å². The monoisotopic (exact) mass is 412 g/mol. The van der Waals surface area contributed by atoms with Crippen molar-refractivity contribution in [1.29, 1.82) is 0 Å². The maximum atomic E-state index is 5.99. The Labute approximate surface area is 144 Å². The first-order chi connectivity index (χ1) is 10.1. The van der Waals surface area contributed by atoms with Gasteiger partial charge in [-0.05, 0) is 70.8 Å². The van der Waals surface area contributed by atoms with E-state index in [0.717, 1.165) is 27.4 Å². The Morgan fingerprint density at radius 2 is 2.10 bits per heavy atom. The average Bonchev–Trinajstić information content (AvgIpc) is 2.46. The van der Waals surface area contributed by atoms with Crippen LogP contribution in [0.5, 0.6) is 0 Å². The lowest BCUT2D eigenvalue weighted by molar-refractivity contribution is 0.743. The third kappa shape index (κ3) is 3.46. The number of rotatable bonds is 3. The van der Waals surface area contributed by atoms with Crippen LogP contribution in [0, 0.1) is 3.57 Å². The zero-order valence-corrected chi connectivity index (χ0v) is 14.9. The minimum absolute atomic E-state index is 0.779. The lowest BCUT2D eigenvalue weighted by atomic mass is 9.99. The predicted octanol–water partition coefficient (Wildman–Crippen LogP) is 4.94. The van der Waals surface area contributed by atoms with E-state index in [0.29, 0.717) is 0 Å². The van der Waals surface area contributed by atoms with E-state index >= 15 is 0 Å². The van der Waals surface area contributed by atoms with Crippen LogP contribution in [0.2, 0.25) is 5.02 Å². The van der Waals surface area contributed by atoms with Crippen molar-refractivity contribution in [3.8, 4) is 0 Å². The molecule has 1 N–H and O–H groups in total. The third-order valence-electron chi connectivity index (χ3n) is 3.91. The van der Waals surface area contributed by atoms with Gasteiger partial charge < -0.3 is 10.2 Å². The van der Waals surface area contributed by atoms with Crippen LogP contribution in [-0.2, 0) is 13.0 Å². The maximum absolute atomic E-state index is 5.99. The van der Waals surface area contributed by atoms with E-state index in [-0.39, 0.29) is 0 Å². The first-order valence-electron chi connectivity index (χ1n) is 7.15. The molecule has 0 aromatic heterocycles. The van der Waals surface area contributed by atoms with Crippen molar-refractivity contribution >= 4 is 45.6 Å². The molecule has 21 heavy (non-hydrogen) atoms. The summed E-state index contributed by atoms with van der Waals surface area (Å²) >= 11 is 8.30. The normalized spacial score (nSPS) is 14.0. The molecule has 110 valence electrons. The van der Waals surface area contributed by atoms with Crippen molar-refractivity contribution in [3.05, 3.63) is 56.1 Å². The molecule has 0 atom stereocenters. The lowest BCUT2D eigenvalue weighted by Crippen LogP contribution is -2.24. The molecule has 0 saturated heterocycles. The topological polar surface area (TPSA) is 15.3 Å². The van der Waals surface area contributed by atoms with Crippen LogP contribution in [0.25, 0.3) is 0 Å². The van der Waals surface area contributed by atoms with Crippen LogP contribution >= 0.6 is 34.2 Å². The molecule has 3 rings (SSSR count). The fraction of sp³-hybridized carbons (Fsp3) is 0.294. The molecule has 0 bridgehead atoms. The van der Waals surface area contributed by atoms with Crippen LogP contribution in [0.1, 0.15) is 17.5 Å². The Hall–Kier alpha value is -0.940. The molecule has 1 aliphatic rings. The SMILES string of the molecule is CN1CCCc2cc(CNc3ccc(Cl)cc3I)ccc21. The van der Waals surface area contributed by atoms with Crippen molar-refractivity contribution in [1.82, 2.24) is 0 Å². The van der Waals surface area contributed by atoms with E-state index in [1.807, 2.05) is 18.2 Å². The molecule has 2 aromatic carbocycles. The molecule has 1 aliphatic heterocycles. The summed E-state index contributed by atoms with van der Waals surface area (Å²) in [5.74, 6) is 0. The van der Waals surface area contributed by atoms with Crippen LogP contribution in [0.3, 0.4) is 0 Å². The van der Waals surface area contributed by atoms with Crippen LogP contribution in [-0.4, -0.2) is 13.6 Å². The molecular formula is C17H18ClIN2. The molecular weight excluding hydrogens is 395 g/mol.